The van der Waals surface area contributed by atoms with Crippen LogP contribution in [0, 0.1) is 0 Å². The molecule has 1 aromatic heterocycles. The lowest BCUT2D eigenvalue weighted by Crippen LogP contribution is -2.32. The van der Waals surface area contributed by atoms with E-state index in [1.54, 1.807) is 7.11 Å². The van der Waals surface area contributed by atoms with Crippen molar-refractivity contribution in [3.8, 4) is 5.75 Å². The molecule has 0 bridgehead atoms. The summed E-state index contributed by atoms with van der Waals surface area (Å²) in [5.74, 6) is -1.86. The fraction of sp³-hybridized carbons (Fsp3) is 0.250. The van der Waals surface area contributed by atoms with Gasteiger partial charge in [0.05, 0.1) is 24.2 Å². The van der Waals surface area contributed by atoms with Gasteiger partial charge in [0.15, 0.2) is 0 Å². The van der Waals surface area contributed by atoms with Crippen LogP contribution in [-0.4, -0.2) is 63.9 Å². The molecule has 0 aliphatic rings. The molecule has 3 aromatic rings. The summed E-state index contributed by atoms with van der Waals surface area (Å²) in [6.07, 6.45) is 2.28. The number of carbonyl (C=O) groups is 4. The van der Waals surface area contributed by atoms with Gasteiger partial charge in [-0.3, -0.25) is 24.2 Å². The Kier molecular flexibility index (Phi) is 10.9. The zero-order valence-corrected chi connectivity index (χ0v) is 23.3. The van der Waals surface area contributed by atoms with Gasteiger partial charge in [-0.1, -0.05) is 19.1 Å². The number of pyridine rings is 1. The van der Waals surface area contributed by atoms with E-state index in [1.165, 1.54) is 36.4 Å². The van der Waals surface area contributed by atoms with E-state index < -0.39 is 27.8 Å². The summed E-state index contributed by atoms with van der Waals surface area (Å²) in [5.41, 5.74) is 1.08. The van der Waals surface area contributed by atoms with E-state index in [9.17, 15) is 27.6 Å². The molecule has 1 heterocycles. The van der Waals surface area contributed by atoms with Crippen molar-refractivity contribution in [3.63, 3.8) is 0 Å². The lowest BCUT2D eigenvalue weighted by molar-refractivity contribution is -0.142. The van der Waals surface area contributed by atoms with Gasteiger partial charge < -0.3 is 20.1 Å². The predicted molar refractivity (Wildman–Crippen MR) is 148 cm³/mol. The standard InChI is InChI=1S/C28H30N4O8S/c1-3-16-40-25(33)18-31-28(36)24-13-8-21(17-30-24)27(35)32-41(37,38)23-11-6-20(7-12-23)26(34)29-15-14-19-4-9-22(39-2)10-5-19/h4-13,17H,3,14-16,18H2,1-2H3,(H,29,34)(H,31,36)(H,32,35). The summed E-state index contributed by atoms with van der Waals surface area (Å²) in [6.45, 7) is 2.11. The van der Waals surface area contributed by atoms with E-state index in [0.717, 1.165) is 17.5 Å². The molecular weight excluding hydrogens is 552 g/mol. The zero-order chi connectivity index (χ0) is 29.8. The second-order valence-electron chi connectivity index (χ2n) is 8.65. The van der Waals surface area contributed by atoms with Gasteiger partial charge in [0.1, 0.15) is 18.0 Å². The Morgan fingerprint density at radius 1 is 0.829 bits per heavy atom. The van der Waals surface area contributed by atoms with Crippen molar-refractivity contribution in [2.45, 2.75) is 24.7 Å². The van der Waals surface area contributed by atoms with Crippen LogP contribution in [0.3, 0.4) is 0 Å². The molecule has 0 atom stereocenters. The summed E-state index contributed by atoms with van der Waals surface area (Å²) in [5, 5.41) is 5.12. The van der Waals surface area contributed by atoms with Crippen molar-refractivity contribution in [1.82, 2.24) is 20.3 Å². The first-order chi connectivity index (χ1) is 19.6. The smallest absolute Gasteiger partial charge is 0.325 e. The Morgan fingerprint density at radius 3 is 2.12 bits per heavy atom. The number of sulfonamides is 1. The molecule has 0 saturated carbocycles. The van der Waals surface area contributed by atoms with Crippen LogP contribution in [0.4, 0.5) is 0 Å². The minimum absolute atomic E-state index is 0.0782. The van der Waals surface area contributed by atoms with Crippen LogP contribution in [0.5, 0.6) is 5.75 Å². The number of amides is 3. The number of carbonyl (C=O) groups excluding carboxylic acids is 4. The van der Waals surface area contributed by atoms with Crippen LogP contribution in [0.1, 0.15) is 50.1 Å². The Bertz CT molecular complexity index is 1470. The van der Waals surface area contributed by atoms with E-state index in [2.05, 4.69) is 15.6 Å². The SMILES string of the molecule is CCCOC(=O)CNC(=O)c1ccc(C(=O)NS(=O)(=O)c2ccc(C(=O)NCCc3ccc(OC)cc3)cc2)cn1. The molecule has 216 valence electrons. The number of aromatic nitrogens is 1. The van der Waals surface area contributed by atoms with Crippen molar-refractivity contribution >= 4 is 33.7 Å². The molecule has 2 aromatic carbocycles. The average molecular weight is 583 g/mol. The van der Waals surface area contributed by atoms with E-state index in [1.807, 2.05) is 35.9 Å². The number of nitrogens with one attached hydrogen (secondary N) is 3. The first-order valence-electron chi connectivity index (χ1n) is 12.6. The third-order valence-corrected chi connectivity index (χ3v) is 6.98. The van der Waals surface area contributed by atoms with Gasteiger partial charge in [-0.2, -0.15) is 0 Å². The maximum Gasteiger partial charge on any atom is 0.325 e. The van der Waals surface area contributed by atoms with Crippen molar-refractivity contribution in [3.05, 3.63) is 89.2 Å². The lowest BCUT2D eigenvalue weighted by Gasteiger charge is -2.09. The fourth-order valence-corrected chi connectivity index (χ4v) is 4.39. The van der Waals surface area contributed by atoms with Crippen molar-refractivity contribution < 1.29 is 37.1 Å². The van der Waals surface area contributed by atoms with Crippen molar-refractivity contribution in [2.24, 2.45) is 0 Å². The van der Waals surface area contributed by atoms with E-state index >= 15 is 0 Å². The number of benzene rings is 2. The Labute approximate surface area is 237 Å². The second kappa shape index (κ2) is 14.6. The molecule has 13 heteroatoms. The Morgan fingerprint density at radius 2 is 1.51 bits per heavy atom. The molecule has 0 saturated heterocycles. The molecule has 3 amide bonds. The number of hydrogen-bond acceptors (Lipinski definition) is 9. The number of esters is 1. The molecule has 3 N–H and O–H groups in total. The summed E-state index contributed by atoms with van der Waals surface area (Å²) < 4.78 is 37.3. The van der Waals surface area contributed by atoms with Crippen LogP contribution in [0.25, 0.3) is 0 Å². The quantitative estimate of drug-likeness (QED) is 0.255. The molecule has 0 radical (unpaired) electrons. The van der Waals surface area contributed by atoms with Crippen LogP contribution in [0.15, 0.2) is 71.8 Å². The molecule has 0 aliphatic heterocycles. The zero-order valence-electron chi connectivity index (χ0n) is 22.5. The van der Waals surface area contributed by atoms with Gasteiger partial charge in [-0.05, 0) is 66.9 Å². The van der Waals surface area contributed by atoms with Crippen LogP contribution in [-0.2, 0) is 26.0 Å². The average Bonchev–Trinajstić information content (AvgIpc) is 2.99. The monoisotopic (exact) mass is 582 g/mol. The van der Waals surface area contributed by atoms with Gasteiger partial charge in [0, 0.05) is 18.3 Å². The molecule has 0 fully saturated rings. The normalized spacial score (nSPS) is 10.8. The Hall–Kier alpha value is -4.78. The predicted octanol–water partition coefficient (Wildman–Crippen LogP) is 1.86. The van der Waals surface area contributed by atoms with Crippen molar-refractivity contribution in [1.29, 1.82) is 0 Å². The van der Waals surface area contributed by atoms with E-state index in [4.69, 9.17) is 9.47 Å². The molecular formula is C28H30N4O8S. The lowest BCUT2D eigenvalue weighted by atomic mass is 10.1. The van der Waals surface area contributed by atoms with Crippen LogP contribution in [0.2, 0.25) is 0 Å². The highest BCUT2D eigenvalue weighted by atomic mass is 32.2. The van der Waals surface area contributed by atoms with Gasteiger partial charge in [0.2, 0.25) is 0 Å². The van der Waals surface area contributed by atoms with Gasteiger partial charge in [-0.15, -0.1) is 0 Å². The topological polar surface area (TPSA) is 170 Å². The largest absolute Gasteiger partial charge is 0.497 e. The first kappa shape index (κ1) is 30.8. The number of hydrogen-bond donors (Lipinski definition) is 3. The summed E-state index contributed by atoms with van der Waals surface area (Å²) in [4.78, 5) is 52.2. The van der Waals surface area contributed by atoms with Crippen LogP contribution < -0.4 is 20.1 Å². The number of rotatable bonds is 13. The molecule has 0 unspecified atom stereocenters. The maximum absolute atomic E-state index is 12.7. The van der Waals surface area contributed by atoms with Crippen molar-refractivity contribution in [2.75, 3.05) is 26.8 Å². The highest BCUT2D eigenvalue weighted by Gasteiger charge is 2.20. The number of methoxy groups -OCH3 is 1. The molecule has 12 nitrogen and oxygen atoms in total. The van der Waals surface area contributed by atoms with Gasteiger partial charge >= 0.3 is 5.97 Å². The number of nitrogens with zero attached hydrogens (tertiary/aromatic N) is 1. The second-order valence-corrected chi connectivity index (χ2v) is 10.3. The third-order valence-electron chi connectivity index (χ3n) is 5.63. The molecule has 41 heavy (non-hydrogen) atoms. The third kappa shape index (κ3) is 9.14. The first-order valence-corrected chi connectivity index (χ1v) is 14.1. The Balaban J connectivity index is 1.52. The highest BCUT2D eigenvalue weighted by Crippen LogP contribution is 2.13. The summed E-state index contributed by atoms with van der Waals surface area (Å²) in [7, 11) is -2.68. The molecule has 0 aliphatic carbocycles. The minimum atomic E-state index is -4.26. The maximum atomic E-state index is 12.7. The fourth-order valence-electron chi connectivity index (χ4n) is 3.41. The molecule has 3 rings (SSSR count). The van der Waals surface area contributed by atoms with Gasteiger partial charge in [-0.25, -0.2) is 13.1 Å². The summed E-state index contributed by atoms with van der Waals surface area (Å²) in [6, 6.07) is 15.0. The molecule has 0 spiro atoms. The van der Waals surface area contributed by atoms with Gasteiger partial charge in [0.25, 0.3) is 27.7 Å². The summed E-state index contributed by atoms with van der Waals surface area (Å²) >= 11 is 0. The number of ether oxygens (including phenoxy) is 2. The highest BCUT2D eigenvalue weighted by molar-refractivity contribution is 7.90. The van der Waals surface area contributed by atoms with E-state index in [0.29, 0.717) is 19.4 Å². The van der Waals surface area contributed by atoms with Crippen LogP contribution >= 0.6 is 0 Å². The minimum Gasteiger partial charge on any atom is -0.497 e. The van der Waals surface area contributed by atoms with E-state index in [-0.39, 0.29) is 40.8 Å².